The zero-order valence-electron chi connectivity index (χ0n) is 20.1. The second-order valence-electron chi connectivity index (χ2n) is 8.66. The number of carbonyl (C=O) groups is 2. The molecule has 0 spiro atoms. The molecule has 0 atom stereocenters. The number of hydrazone groups is 1. The highest BCUT2D eigenvalue weighted by molar-refractivity contribution is 6.55. The SMILES string of the molecule is CCc1ccc(N2C(=O)/C(=N\Nc3cccc(-c4cccc(C=O)c4)c3O)c3ccc(CF)cc32)cc1. The number of aryl methyl sites for hydroxylation is 1. The Balaban J connectivity index is 1.52. The number of hydrogen-bond acceptors (Lipinski definition) is 5. The minimum Gasteiger partial charge on any atom is -0.505 e. The average molecular weight is 494 g/mol. The first-order valence-electron chi connectivity index (χ1n) is 11.9. The van der Waals surface area contributed by atoms with Gasteiger partial charge in [-0.1, -0.05) is 61.5 Å². The van der Waals surface area contributed by atoms with E-state index in [4.69, 9.17) is 0 Å². The number of carbonyl (C=O) groups excluding carboxylic acids is 2. The van der Waals surface area contributed by atoms with E-state index in [-0.39, 0.29) is 17.4 Å². The normalized spacial score (nSPS) is 13.6. The molecule has 37 heavy (non-hydrogen) atoms. The van der Waals surface area contributed by atoms with Crippen molar-refractivity contribution in [2.75, 3.05) is 10.3 Å². The van der Waals surface area contributed by atoms with Gasteiger partial charge in [0.15, 0.2) is 5.71 Å². The summed E-state index contributed by atoms with van der Waals surface area (Å²) in [5, 5.41) is 15.3. The molecule has 0 saturated heterocycles. The Bertz CT molecular complexity index is 1530. The number of nitrogens with zero attached hydrogens (tertiary/aromatic N) is 2. The highest BCUT2D eigenvalue weighted by Gasteiger charge is 2.35. The zero-order chi connectivity index (χ0) is 25.9. The number of aromatic hydroxyl groups is 1. The monoisotopic (exact) mass is 493 g/mol. The van der Waals surface area contributed by atoms with E-state index < -0.39 is 6.67 Å². The molecule has 0 aliphatic carbocycles. The van der Waals surface area contributed by atoms with Crippen LogP contribution in [0.3, 0.4) is 0 Å². The molecule has 184 valence electrons. The first kappa shape index (κ1) is 23.9. The number of amides is 1. The molecule has 1 aliphatic rings. The van der Waals surface area contributed by atoms with E-state index in [9.17, 15) is 19.1 Å². The molecular formula is C30H24FN3O3. The fourth-order valence-electron chi connectivity index (χ4n) is 4.38. The maximum atomic E-state index is 13.5. The van der Waals surface area contributed by atoms with Crippen LogP contribution in [0.4, 0.5) is 21.5 Å². The van der Waals surface area contributed by atoms with Crippen molar-refractivity contribution >= 4 is 35.0 Å². The topological polar surface area (TPSA) is 82.0 Å². The molecule has 7 heteroatoms. The molecule has 0 bridgehead atoms. The predicted molar refractivity (Wildman–Crippen MR) is 143 cm³/mol. The van der Waals surface area contributed by atoms with Crippen molar-refractivity contribution in [2.24, 2.45) is 5.10 Å². The number of halogens is 1. The molecule has 2 N–H and O–H groups in total. The van der Waals surface area contributed by atoms with Gasteiger partial charge in [-0.2, -0.15) is 5.10 Å². The van der Waals surface area contributed by atoms with Gasteiger partial charge < -0.3 is 5.11 Å². The Morgan fingerprint density at radius 3 is 2.43 bits per heavy atom. The van der Waals surface area contributed by atoms with Crippen LogP contribution in [-0.4, -0.2) is 23.0 Å². The Hall–Kier alpha value is -4.78. The zero-order valence-corrected chi connectivity index (χ0v) is 20.1. The Morgan fingerprint density at radius 1 is 0.946 bits per heavy atom. The van der Waals surface area contributed by atoms with Crippen molar-refractivity contribution in [3.8, 4) is 16.9 Å². The summed E-state index contributed by atoms with van der Waals surface area (Å²) in [4.78, 5) is 26.2. The molecule has 0 radical (unpaired) electrons. The first-order chi connectivity index (χ1) is 18.0. The summed E-state index contributed by atoms with van der Waals surface area (Å²) in [5.74, 6) is -0.433. The smallest absolute Gasteiger partial charge is 0.283 e. The van der Waals surface area contributed by atoms with E-state index in [0.29, 0.717) is 44.9 Å². The van der Waals surface area contributed by atoms with Crippen molar-refractivity contribution in [3.05, 3.63) is 107 Å². The highest BCUT2D eigenvalue weighted by atomic mass is 19.1. The minimum absolute atomic E-state index is 0.0691. The minimum atomic E-state index is -0.652. The van der Waals surface area contributed by atoms with Gasteiger partial charge in [0.1, 0.15) is 18.7 Å². The third kappa shape index (κ3) is 4.47. The van der Waals surface area contributed by atoms with Crippen molar-refractivity contribution in [1.29, 1.82) is 0 Å². The lowest BCUT2D eigenvalue weighted by molar-refractivity contribution is -0.111. The van der Waals surface area contributed by atoms with Crippen molar-refractivity contribution in [2.45, 2.75) is 20.0 Å². The van der Waals surface area contributed by atoms with Gasteiger partial charge >= 0.3 is 0 Å². The third-order valence-electron chi connectivity index (χ3n) is 6.38. The molecule has 0 unspecified atom stereocenters. The summed E-state index contributed by atoms with van der Waals surface area (Å²) in [6, 6.07) is 24.6. The summed E-state index contributed by atoms with van der Waals surface area (Å²) in [6.07, 6.45) is 1.61. The second kappa shape index (κ2) is 10.1. The van der Waals surface area contributed by atoms with Crippen LogP contribution in [0.25, 0.3) is 11.1 Å². The number of para-hydroxylation sites is 1. The third-order valence-corrected chi connectivity index (χ3v) is 6.38. The number of phenolic OH excluding ortho intramolecular Hbond substituents is 1. The lowest BCUT2D eigenvalue weighted by atomic mass is 10.0. The van der Waals surface area contributed by atoms with Crippen LogP contribution in [0.15, 0.2) is 90.0 Å². The number of rotatable bonds is 7. The summed E-state index contributed by atoms with van der Waals surface area (Å²) in [6.45, 7) is 1.40. The van der Waals surface area contributed by atoms with E-state index in [1.165, 1.54) is 4.90 Å². The summed E-state index contributed by atoms with van der Waals surface area (Å²) < 4.78 is 13.5. The van der Waals surface area contributed by atoms with Gasteiger partial charge in [-0.3, -0.25) is 19.9 Å². The molecule has 4 aromatic carbocycles. The van der Waals surface area contributed by atoms with Crippen molar-refractivity contribution in [1.82, 2.24) is 0 Å². The van der Waals surface area contributed by atoms with Gasteiger partial charge in [0.25, 0.3) is 5.91 Å². The largest absolute Gasteiger partial charge is 0.505 e. The maximum absolute atomic E-state index is 13.5. The number of nitrogens with one attached hydrogen (secondary N) is 1. The second-order valence-corrected chi connectivity index (χ2v) is 8.66. The van der Waals surface area contributed by atoms with Crippen LogP contribution in [0, 0.1) is 0 Å². The number of benzene rings is 4. The number of phenols is 1. The van der Waals surface area contributed by atoms with Crippen molar-refractivity contribution in [3.63, 3.8) is 0 Å². The molecule has 0 aromatic heterocycles. The quantitative estimate of drug-likeness (QED) is 0.177. The van der Waals surface area contributed by atoms with Gasteiger partial charge in [0, 0.05) is 22.4 Å². The maximum Gasteiger partial charge on any atom is 0.283 e. The average Bonchev–Trinajstić information content (AvgIpc) is 3.22. The molecular weight excluding hydrogens is 469 g/mol. The predicted octanol–water partition coefficient (Wildman–Crippen LogP) is 6.40. The first-order valence-corrected chi connectivity index (χ1v) is 11.9. The van der Waals surface area contributed by atoms with E-state index >= 15 is 0 Å². The van der Waals surface area contributed by atoms with E-state index in [0.717, 1.165) is 18.3 Å². The van der Waals surface area contributed by atoms with Gasteiger partial charge in [-0.25, -0.2) is 4.39 Å². The number of hydrogen-bond donors (Lipinski definition) is 2. The number of aldehydes is 1. The number of anilines is 3. The summed E-state index contributed by atoms with van der Waals surface area (Å²) >= 11 is 0. The van der Waals surface area contributed by atoms with Gasteiger partial charge in [0.05, 0.1) is 11.4 Å². The number of alkyl halides is 1. The van der Waals surface area contributed by atoms with Gasteiger partial charge in [-0.05, 0) is 53.4 Å². The number of fused-ring (bicyclic) bond motifs is 1. The molecule has 1 aliphatic heterocycles. The molecule has 5 rings (SSSR count). The van der Waals surface area contributed by atoms with Crippen LogP contribution in [0.2, 0.25) is 0 Å². The molecule has 1 amide bonds. The Kier molecular flexibility index (Phi) is 6.51. The van der Waals surface area contributed by atoms with Crippen LogP contribution in [0.5, 0.6) is 5.75 Å². The molecule has 6 nitrogen and oxygen atoms in total. The molecule has 0 fully saturated rings. The Labute approximate surface area is 213 Å². The van der Waals surface area contributed by atoms with E-state index in [1.807, 2.05) is 24.3 Å². The fraction of sp³-hybridized carbons (Fsp3) is 0.100. The van der Waals surface area contributed by atoms with Crippen LogP contribution in [-0.2, 0) is 17.9 Å². The van der Waals surface area contributed by atoms with Crippen LogP contribution in [0.1, 0.15) is 34.0 Å². The van der Waals surface area contributed by atoms with Crippen LogP contribution >= 0.6 is 0 Å². The fourth-order valence-corrected chi connectivity index (χ4v) is 4.38. The van der Waals surface area contributed by atoms with E-state index in [1.54, 1.807) is 60.7 Å². The summed E-state index contributed by atoms with van der Waals surface area (Å²) in [5.41, 5.74) is 8.30. The molecule has 0 saturated carbocycles. The summed E-state index contributed by atoms with van der Waals surface area (Å²) in [7, 11) is 0. The standard InChI is InChI=1S/C30H24FN3O3/c1-2-19-9-12-23(13-10-19)34-27-16-20(17-31)11-14-25(27)28(30(34)37)33-32-26-8-4-7-24(29(26)36)22-6-3-5-21(15-22)18-35/h3-16,18,32,36H,2,17H2,1H3/b33-28-. The molecule has 4 aromatic rings. The lowest BCUT2D eigenvalue weighted by Gasteiger charge is -2.18. The Morgan fingerprint density at radius 2 is 1.70 bits per heavy atom. The van der Waals surface area contributed by atoms with Gasteiger partial charge in [-0.15, -0.1) is 0 Å². The van der Waals surface area contributed by atoms with Gasteiger partial charge in [0.2, 0.25) is 0 Å². The lowest BCUT2D eigenvalue weighted by Crippen LogP contribution is -2.26. The molecule has 1 heterocycles. The van der Waals surface area contributed by atoms with Crippen molar-refractivity contribution < 1.29 is 19.1 Å². The van der Waals surface area contributed by atoms with E-state index in [2.05, 4.69) is 17.5 Å². The van der Waals surface area contributed by atoms with Crippen LogP contribution < -0.4 is 10.3 Å². The highest BCUT2D eigenvalue weighted by Crippen LogP contribution is 2.38.